The van der Waals surface area contributed by atoms with Crippen LogP contribution in [0, 0.1) is 11.8 Å². The molecule has 0 heterocycles. The molecule has 12 heavy (non-hydrogen) atoms. The van der Waals surface area contributed by atoms with E-state index in [1.54, 1.807) is 0 Å². The third-order valence-electron chi connectivity index (χ3n) is 2.73. The summed E-state index contributed by atoms with van der Waals surface area (Å²) >= 11 is 0. The molecule has 4 nitrogen and oxygen atoms in total. The minimum Gasteiger partial charge on any atom is -0.317 e. The molecular formula is C8H18N2O2. The fourth-order valence-corrected chi connectivity index (χ4v) is 1.90. The Hall–Kier alpha value is -0.160. The van der Waals surface area contributed by atoms with Gasteiger partial charge in [-0.2, -0.15) is 0 Å². The van der Waals surface area contributed by atoms with E-state index in [0.29, 0.717) is 24.9 Å². The third-order valence-corrected chi connectivity index (χ3v) is 2.73. The highest BCUT2D eigenvalue weighted by Crippen LogP contribution is 2.27. The molecule has 0 aromatic carbocycles. The first kappa shape index (κ1) is 9.92. The maximum absolute atomic E-state index is 8.49. The quantitative estimate of drug-likeness (QED) is 0.475. The summed E-state index contributed by atoms with van der Waals surface area (Å²) in [6, 6.07) is 0. The lowest BCUT2D eigenvalue weighted by atomic mass is 9.82. The monoisotopic (exact) mass is 174 g/mol. The van der Waals surface area contributed by atoms with Crippen LogP contribution >= 0.6 is 0 Å². The van der Waals surface area contributed by atoms with E-state index >= 15 is 0 Å². The normalized spacial score (nSPS) is 30.5. The second-order valence-electron chi connectivity index (χ2n) is 3.61. The fourth-order valence-electron chi connectivity index (χ4n) is 1.90. The average molecular weight is 174 g/mol. The van der Waals surface area contributed by atoms with Crippen LogP contribution in [0.15, 0.2) is 0 Å². The molecule has 1 rings (SSSR count). The summed E-state index contributed by atoms with van der Waals surface area (Å²) in [5, 5.41) is 17.0. The molecule has 0 unspecified atom stereocenters. The SMILES string of the molecule is ONCC1CCC(CNO)CC1. The summed E-state index contributed by atoms with van der Waals surface area (Å²) < 4.78 is 0. The van der Waals surface area contributed by atoms with Crippen LogP contribution in [-0.4, -0.2) is 23.5 Å². The summed E-state index contributed by atoms with van der Waals surface area (Å²) in [4.78, 5) is 0. The van der Waals surface area contributed by atoms with Crippen LogP contribution in [0.3, 0.4) is 0 Å². The van der Waals surface area contributed by atoms with Crippen molar-refractivity contribution in [3.63, 3.8) is 0 Å². The average Bonchev–Trinajstić information content (AvgIpc) is 2.09. The minimum atomic E-state index is 0.616. The van der Waals surface area contributed by atoms with Crippen LogP contribution in [0.2, 0.25) is 0 Å². The van der Waals surface area contributed by atoms with Gasteiger partial charge in [0.2, 0.25) is 0 Å². The van der Waals surface area contributed by atoms with Crippen molar-refractivity contribution < 1.29 is 10.4 Å². The number of nitrogens with one attached hydrogen (secondary N) is 2. The first-order valence-corrected chi connectivity index (χ1v) is 4.60. The van der Waals surface area contributed by atoms with Gasteiger partial charge in [-0.05, 0) is 37.5 Å². The molecule has 4 N–H and O–H groups in total. The maximum atomic E-state index is 8.49. The van der Waals surface area contributed by atoms with Crippen molar-refractivity contribution in [3.8, 4) is 0 Å². The Kier molecular flexibility index (Phi) is 4.53. The lowest BCUT2D eigenvalue weighted by molar-refractivity contribution is 0.111. The Morgan fingerprint density at radius 2 is 1.17 bits per heavy atom. The van der Waals surface area contributed by atoms with Gasteiger partial charge in [0, 0.05) is 13.1 Å². The van der Waals surface area contributed by atoms with E-state index in [4.69, 9.17) is 10.4 Å². The van der Waals surface area contributed by atoms with Crippen LogP contribution in [0.25, 0.3) is 0 Å². The van der Waals surface area contributed by atoms with Gasteiger partial charge < -0.3 is 10.4 Å². The van der Waals surface area contributed by atoms with E-state index in [2.05, 4.69) is 11.0 Å². The molecule has 0 saturated heterocycles. The van der Waals surface area contributed by atoms with Gasteiger partial charge >= 0.3 is 0 Å². The van der Waals surface area contributed by atoms with Gasteiger partial charge in [-0.3, -0.25) is 0 Å². The molecule has 0 spiro atoms. The topological polar surface area (TPSA) is 64.5 Å². The second kappa shape index (κ2) is 5.48. The Morgan fingerprint density at radius 1 is 0.833 bits per heavy atom. The van der Waals surface area contributed by atoms with Gasteiger partial charge in [-0.1, -0.05) is 0 Å². The van der Waals surface area contributed by atoms with E-state index in [1.807, 2.05) is 0 Å². The van der Waals surface area contributed by atoms with Crippen molar-refractivity contribution in [2.45, 2.75) is 25.7 Å². The lowest BCUT2D eigenvalue weighted by Crippen LogP contribution is -2.28. The van der Waals surface area contributed by atoms with Crippen molar-refractivity contribution in [1.29, 1.82) is 0 Å². The predicted molar refractivity (Wildman–Crippen MR) is 45.0 cm³/mol. The zero-order valence-electron chi connectivity index (χ0n) is 7.29. The first-order valence-electron chi connectivity index (χ1n) is 4.60. The van der Waals surface area contributed by atoms with E-state index in [1.165, 1.54) is 0 Å². The number of hydroxylamine groups is 2. The van der Waals surface area contributed by atoms with Gasteiger partial charge in [0.05, 0.1) is 0 Å². The van der Waals surface area contributed by atoms with Gasteiger partial charge in [0.25, 0.3) is 0 Å². The molecule has 0 radical (unpaired) electrons. The maximum Gasteiger partial charge on any atom is 0.0235 e. The summed E-state index contributed by atoms with van der Waals surface area (Å²) in [5.74, 6) is 1.23. The van der Waals surface area contributed by atoms with Crippen LogP contribution in [0.1, 0.15) is 25.7 Å². The molecule has 0 atom stereocenters. The molecular weight excluding hydrogens is 156 g/mol. The zero-order valence-corrected chi connectivity index (χ0v) is 7.29. The molecule has 1 aliphatic rings. The van der Waals surface area contributed by atoms with Crippen molar-refractivity contribution in [3.05, 3.63) is 0 Å². The van der Waals surface area contributed by atoms with Crippen LogP contribution in [0.4, 0.5) is 0 Å². The second-order valence-corrected chi connectivity index (χ2v) is 3.61. The van der Waals surface area contributed by atoms with E-state index < -0.39 is 0 Å². The molecule has 1 saturated carbocycles. The summed E-state index contributed by atoms with van der Waals surface area (Å²) in [6.45, 7) is 1.42. The van der Waals surface area contributed by atoms with Crippen molar-refractivity contribution >= 4 is 0 Å². The van der Waals surface area contributed by atoms with Crippen molar-refractivity contribution in [2.75, 3.05) is 13.1 Å². The number of hydrogen-bond acceptors (Lipinski definition) is 4. The highest BCUT2D eigenvalue weighted by Gasteiger charge is 2.20. The standard InChI is InChI=1S/C8H18N2O2/c11-9-5-7-1-2-8(4-3-7)6-10-12/h7-12H,1-6H2. The summed E-state index contributed by atoms with van der Waals surface area (Å²) in [7, 11) is 0. The summed E-state index contributed by atoms with van der Waals surface area (Å²) in [6.07, 6.45) is 4.61. The predicted octanol–water partition coefficient (Wildman–Crippen LogP) is 0.750. The molecule has 1 fully saturated rings. The number of rotatable bonds is 4. The van der Waals surface area contributed by atoms with Crippen LogP contribution in [-0.2, 0) is 0 Å². The largest absolute Gasteiger partial charge is 0.317 e. The van der Waals surface area contributed by atoms with Gasteiger partial charge in [0.15, 0.2) is 0 Å². The molecule has 0 bridgehead atoms. The fraction of sp³-hybridized carbons (Fsp3) is 1.00. The smallest absolute Gasteiger partial charge is 0.0235 e. The van der Waals surface area contributed by atoms with Gasteiger partial charge in [-0.15, -0.1) is 0 Å². The molecule has 0 aromatic heterocycles. The molecule has 0 aromatic rings. The van der Waals surface area contributed by atoms with Gasteiger partial charge in [0.1, 0.15) is 0 Å². The highest BCUT2D eigenvalue weighted by atomic mass is 16.5. The zero-order chi connectivity index (χ0) is 8.81. The molecule has 4 heteroatoms. The van der Waals surface area contributed by atoms with E-state index in [9.17, 15) is 0 Å². The number of hydrogen-bond donors (Lipinski definition) is 4. The Balaban J connectivity index is 2.11. The first-order chi connectivity index (χ1) is 5.86. The molecule has 1 aliphatic carbocycles. The third kappa shape index (κ3) is 3.06. The Labute approximate surface area is 72.9 Å². The molecule has 72 valence electrons. The lowest BCUT2D eigenvalue weighted by Gasteiger charge is -2.27. The highest BCUT2D eigenvalue weighted by molar-refractivity contribution is 4.73. The molecule has 0 aliphatic heterocycles. The van der Waals surface area contributed by atoms with E-state index in [-0.39, 0.29) is 0 Å². The van der Waals surface area contributed by atoms with Gasteiger partial charge in [-0.25, -0.2) is 11.0 Å². The summed E-state index contributed by atoms with van der Waals surface area (Å²) in [5.41, 5.74) is 4.44. The minimum absolute atomic E-state index is 0.616. The van der Waals surface area contributed by atoms with Crippen molar-refractivity contribution in [2.24, 2.45) is 11.8 Å². The Morgan fingerprint density at radius 3 is 1.42 bits per heavy atom. The molecule has 0 amide bonds. The van der Waals surface area contributed by atoms with Crippen molar-refractivity contribution in [1.82, 2.24) is 11.0 Å². The van der Waals surface area contributed by atoms with Crippen LogP contribution < -0.4 is 11.0 Å². The van der Waals surface area contributed by atoms with Crippen LogP contribution in [0.5, 0.6) is 0 Å². The van der Waals surface area contributed by atoms with E-state index in [0.717, 1.165) is 25.7 Å². The Bertz CT molecular complexity index is 99.6.